The summed E-state index contributed by atoms with van der Waals surface area (Å²) in [5.74, 6) is -0.759. The quantitative estimate of drug-likeness (QED) is 0.706. The molecule has 0 spiro atoms. The molecule has 0 bridgehead atoms. The van der Waals surface area contributed by atoms with Crippen molar-refractivity contribution in [3.63, 3.8) is 0 Å². The fourth-order valence-corrected chi connectivity index (χ4v) is 3.52. The summed E-state index contributed by atoms with van der Waals surface area (Å²) in [6.07, 6.45) is 0. The Kier molecular flexibility index (Phi) is 5.47. The largest absolute Gasteiger partial charge is 0.495 e. The summed E-state index contributed by atoms with van der Waals surface area (Å²) in [5.41, 5.74) is 1.77. The number of amides is 2. The molecule has 6 nitrogen and oxygen atoms in total. The molecule has 0 fully saturated rings. The number of halogens is 2. The molecule has 1 unspecified atom stereocenters. The van der Waals surface area contributed by atoms with Gasteiger partial charge in [0.15, 0.2) is 0 Å². The third-order valence-corrected chi connectivity index (χ3v) is 5.41. The number of anilines is 1. The highest BCUT2D eigenvalue weighted by atomic mass is 35.5. The number of urea groups is 1. The molecule has 1 heterocycles. The molecule has 0 saturated heterocycles. The van der Waals surface area contributed by atoms with E-state index in [1.165, 1.54) is 31.3 Å². The van der Waals surface area contributed by atoms with Crippen molar-refractivity contribution in [2.75, 3.05) is 26.2 Å². The van der Waals surface area contributed by atoms with Crippen molar-refractivity contribution < 1.29 is 23.5 Å². The predicted molar refractivity (Wildman–Crippen MR) is 104 cm³/mol. The second kappa shape index (κ2) is 7.67. The van der Waals surface area contributed by atoms with E-state index in [1.54, 1.807) is 30.1 Å². The van der Waals surface area contributed by atoms with Crippen LogP contribution in [0.1, 0.15) is 34.5 Å². The van der Waals surface area contributed by atoms with E-state index in [2.05, 4.69) is 0 Å². The van der Waals surface area contributed by atoms with Crippen LogP contribution in [-0.2, 0) is 11.3 Å². The molecule has 0 N–H and O–H groups in total. The zero-order valence-electron chi connectivity index (χ0n) is 16.0. The van der Waals surface area contributed by atoms with Crippen LogP contribution in [0.25, 0.3) is 0 Å². The van der Waals surface area contributed by atoms with Crippen molar-refractivity contribution in [2.45, 2.75) is 19.5 Å². The molecule has 28 heavy (non-hydrogen) atoms. The Morgan fingerprint density at radius 2 is 1.96 bits per heavy atom. The molecule has 0 aliphatic carbocycles. The lowest BCUT2D eigenvalue weighted by Crippen LogP contribution is -2.46. The molecular weight excluding hydrogens is 387 g/mol. The Morgan fingerprint density at radius 1 is 1.25 bits per heavy atom. The van der Waals surface area contributed by atoms with E-state index < -0.39 is 11.8 Å². The van der Waals surface area contributed by atoms with Gasteiger partial charge in [-0.25, -0.2) is 14.0 Å². The van der Waals surface area contributed by atoms with E-state index in [0.717, 1.165) is 5.56 Å². The SMILES string of the molecule is COC(=O)c1ccc2c(c1)N(Cc1c(F)ccc(OC)c1Cl)C(=O)N(C)C2C. The van der Waals surface area contributed by atoms with Crippen molar-refractivity contribution in [1.29, 1.82) is 0 Å². The summed E-state index contributed by atoms with van der Waals surface area (Å²) < 4.78 is 24.4. The van der Waals surface area contributed by atoms with Crippen LogP contribution >= 0.6 is 11.6 Å². The third kappa shape index (κ3) is 3.26. The number of benzene rings is 2. The molecule has 8 heteroatoms. The third-order valence-electron chi connectivity index (χ3n) is 4.99. The average Bonchev–Trinajstić information content (AvgIpc) is 2.70. The van der Waals surface area contributed by atoms with E-state index in [1.807, 2.05) is 6.92 Å². The summed E-state index contributed by atoms with van der Waals surface area (Å²) in [7, 11) is 4.38. The van der Waals surface area contributed by atoms with E-state index in [-0.39, 0.29) is 29.2 Å². The molecule has 0 saturated carbocycles. The molecule has 1 aliphatic rings. The topological polar surface area (TPSA) is 59.1 Å². The summed E-state index contributed by atoms with van der Waals surface area (Å²) in [6, 6.07) is 7.11. The van der Waals surface area contributed by atoms with Crippen LogP contribution in [0.5, 0.6) is 5.75 Å². The Hall–Kier alpha value is -2.80. The number of hydrogen-bond acceptors (Lipinski definition) is 4. The van der Waals surface area contributed by atoms with Crippen molar-refractivity contribution in [2.24, 2.45) is 0 Å². The molecule has 148 valence electrons. The molecule has 2 aromatic carbocycles. The number of carbonyl (C=O) groups excluding carboxylic acids is 2. The van der Waals surface area contributed by atoms with Gasteiger partial charge < -0.3 is 14.4 Å². The van der Waals surface area contributed by atoms with Crippen LogP contribution in [0, 0.1) is 5.82 Å². The van der Waals surface area contributed by atoms with Gasteiger partial charge in [-0.15, -0.1) is 0 Å². The van der Waals surface area contributed by atoms with Crippen molar-refractivity contribution >= 4 is 29.3 Å². The van der Waals surface area contributed by atoms with Crippen molar-refractivity contribution in [3.05, 3.63) is 57.9 Å². The zero-order valence-corrected chi connectivity index (χ0v) is 16.7. The van der Waals surface area contributed by atoms with Gasteiger partial charge in [0.25, 0.3) is 0 Å². The highest BCUT2D eigenvalue weighted by Gasteiger charge is 2.34. The van der Waals surface area contributed by atoms with Crippen molar-refractivity contribution in [3.8, 4) is 5.75 Å². The first kappa shape index (κ1) is 19.9. The van der Waals surface area contributed by atoms with Gasteiger partial charge in [-0.2, -0.15) is 0 Å². The predicted octanol–water partition coefficient (Wildman–Crippen LogP) is 4.41. The molecule has 3 rings (SSSR count). The molecule has 2 amide bonds. The van der Waals surface area contributed by atoms with Gasteiger partial charge in [-0.3, -0.25) is 4.90 Å². The Balaban J connectivity index is 2.13. The van der Waals surface area contributed by atoms with Crippen LogP contribution in [0.3, 0.4) is 0 Å². The lowest BCUT2D eigenvalue weighted by molar-refractivity contribution is 0.0600. The van der Waals surface area contributed by atoms with E-state index in [0.29, 0.717) is 17.0 Å². The first-order chi connectivity index (χ1) is 13.3. The summed E-state index contributed by atoms with van der Waals surface area (Å²) >= 11 is 6.29. The minimum absolute atomic E-state index is 0.0993. The Morgan fingerprint density at radius 3 is 2.61 bits per heavy atom. The first-order valence-electron chi connectivity index (χ1n) is 8.57. The molecular formula is C20H20ClFN2O4. The fourth-order valence-electron chi connectivity index (χ4n) is 3.23. The number of esters is 1. The zero-order chi connectivity index (χ0) is 20.6. The number of fused-ring (bicyclic) bond motifs is 1. The monoisotopic (exact) mass is 406 g/mol. The molecule has 2 aromatic rings. The second-order valence-corrected chi connectivity index (χ2v) is 6.84. The van der Waals surface area contributed by atoms with E-state index in [4.69, 9.17) is 21.1 Å². The van der Waals surface area contributed by atoms with Gasteiger partial charge >= 0.3 is 12.0 Å². The normalized spacial score (nSPS) is 16.1. The molecule has 0 radical (unpaired) electrons. The average molecular weight is 407 g/mol. The Labute approximate surface area is 167 Å². The maximum Gasteiger partial charge on any atom is 0.337 e. The van der Waals surface area contributed by atoms with Gasteiger partial charge in [0, 0.05) is 12.6 Å². The number of ether oxygens (including phenoxy) is 2. The van der Waals surface area contributed by atoms with Gasteiger partial charge in [0.2, 0.25) is 0 Å². The number of rotatable bonds is 4. The first-order valence-corrected chi connectivity index (χ1v) is 8.95. The van der Waals surface area contributed by atoms with Gasteiger partial charge in [-0.1, -0.05) is 17.7 Å². The molecule has 1 aliphatic heterocycles. The smallest absolute Gasteiger partial charge is 0.337 e. The highest BCUT2D eigenvalue weighted by Crippen LogP contribution is 2.39. The lowest BCUT2D eigenvalue weighted by Gasteiger charge is -2.39. The number of nitrogens with zero attached hydrogens (tertiary/aromatic N) is 2. The second-order valence-electron chi connectivity index (χ2n) is 6.46. The molecule has 0 aromatic heterocycles. The summed E-state index contributed by atoms with van der Waals surface area (Å²) in [4.78, 5) is 27.9. The van der Waals surface area contributed by atoms with Crippen LogP contribution < -0.4 is 9.64 Å². The minimum atomic E-state index is -0.550. The number of hydrogen-bond donors (Lipinski definition) is 0. The number of methoxy groups -OCH3 is 2. The maximum atomic E-state index is 14.5. The summed E-state index contributed by atoms with van der Waals surface area (Å²) in [6.45, 7) is 1.76. The highest BCUT2D eigenvalue weighted by molar-refractivity contribution is 6.32. The summed E-state index contributed by atoms with van der Waals surface area (Å²) in [5, 5.41) is 0.0993. The van der Waals surface area contributed by atoms with Crippen LogP contribution in [0.4, 0.5) is 14.9 Å². The van der Waals surface area contributed by atoms with Crippen molar-refractivity contribution in [1.82, 2.24) is 4.90 Å². The van der Waals surface area contributed by atoms with Crippen LogP contribution in [0.2, 0.25) is 5.02 Å². The fraction of sp³-hybridized carbons (Fsp3) is 0.300. The standard InChI is InChI=1S/C20H20ClFN2O4/c1-11-13-6-5-12(19(25)28-4)9-16(13)24(20(26)23(11)2)10-14-15(22)7-8-17(27-3)18(14)21/h5-9,11H,10H2,1-4H3. The molecule has 1 atom stereocenters. The number of carbonyl (C=O) groups is 2. The Bertz CT molecular complexity index is 950. The van der Waals surface area contributed by atoms with Gasteiger partial charge in [-0.05, 0) is 36.8 Å². The van der Waals surface area contributed by atoms with Gasteiger partial charge in [0.05, 0.1) is 43.1 Å². The van der Waals surface area contributed by atoms with E-state index >= 15 is 0 Å². The lowest BCUT2D eigenvalue weighted by atomic mass is 9.98. The van der Waals surface area contributed by atoms with Crippen LogP contribution in [-0.4, -0.2) is 38.2 Å². The van der Waals surface area contributed by atoms with E-state index in [9.17, 15) is 14.0 Å². The van der Waals surface area contributed by atoms with Crippen LogP contribution in [0.15, 0.2) is 30.3 Å². The maximum absolute atomic E-state index is 14.5. The minimum Gasteiger partial charge on any atom is -0.495 e. The van der Waals surface area contributed by atoms with Gasteiger partial charge in [0.1, 0.15) is 11.6 Å².